The van der Waals surface area contributed by atoms with Crippen molar-refractivity contribution in [2.75, 3.05) is 0 Å². The number of rotatable bonds is 4. The second kappa shape index (κ2) is 6.49. The molecule has 0 N–H and O–H groups in total. The first-order chi connectivity index (χ1) is 10.1. The normalized spacial score (nSPS) is 9.71. The molecule has 2 rings (SSSR count). The fourth-order valence-corrected chi connectivity index (χ4v) is 1.74. The van der Waals surface area contributed by atoms with Crippen molar-refractivity contribution in [3.05, 3.63) is 65.2 Å². The molecular formula is C17H13NO3. The van der Waals surface area contributed by atoms with Gasteiger partial charge in [0.2, 0.25) is 0 Å². The van der Waals surface area contributed by atoms with E-state index < -0.39 is 5.97 Å². The number of nitrogens with zero attached hydrogens (tertiary/aromatic N) is 1. The highest BCUT2D eigenvalue weighted by Gasteiger charge is 2.13. The summed E-state index contributed by atoms with van der Waals surface area (Å²) in [6, 6.07) is 15.1. The fraction of sp³-hybridized carbons (Fsp3) is 0.118. The van der Waals surface area contributed by atoms with Gasteiger partial charge in [0, 0.05) is 5.56 Å². The molecule has 0 fully saturated rings. The quantitative estimate of drug-likeness (QED) is 0.373. The third kappa shape index (κ3) is 4.02. The number of carbonyl (C=O) groups excluding carboxylic acids is 2. The van der Waals surface area contributed by atoms with Crippen LogP contribution in [-0.2, 0) is 4.79 Å². The van der Waals surface area contributed by atoms with Crippen LogP contribution < -0.4 is 4.74 Å². The summed E-state index contributed by atoms with van der Waals surface area (Å²) in [7, 11) is 0. The van der Waals surface area contributed by atoms with Crippen LogP contribution in [0.5, 0.6) is 5.75 Å². The molecule has 21 heavy (non-hydrogen) atoms. The summed E-state index contributed by atoms with van der Waals surface area (Å²) in [5.74, 6) is -0.588. The van der Waals surface area contributed by atoms with E-state index >= 15 is 0 Å². The minimum atomic E-state index is -0.620. The lowest BCUT2D eigenvalue weighted by atomic mass is 10.1. The number of benzene rings is 2. The highest BCUT2D eigenvalue weighted by atomic mass is 16.5. The van der Waals surface area contributed by atoms with Gasteiger partial charge >= 0.3 is 5.97 Å². The van der Waals surface area contributed by atoms with E-state index in [0.29, 0.717) is 16.9 Å². The maximum atomic E-state index is 11.9. The Morgan fingerprint density at radius 3 is 2.24 bits per heavy atom. The summed E-state index contributed by atoms with van der Waals surface area (Å²) < 4.78 is 5.06. The Hall–Kier alpha value is -2.93. The van der Waals surface area contributed by atoms with E-state index in [1.807, 2.05) is 25.1 Å². The molecule has 0 aromatic heterocycles. The third-order valence-corrected chi connectivity index (χ3v) is 2.89. The van der Waals surface area contributed by atoms with Gasteiger partial charge in [-0.25, -0.2) is 0 Å². The molecule has 104 valence electrons. The predicted octanol–water partition coefficient (Wildman–Crippen LogP) is 3.05. The van der Waals surface area contributed by atoms with Gasteiger partial charge in [0.05, 0.1) is 11.6 Å². The number of aryl methyl sites for hydroxylation is 1. The molecule has 0 saturated carbocycles. The molecule has 4 heteroatoms. The van der Waals surface area contributed by atoms with Gasteiger partial charge in [0.15, 0.2) is 5.78 Å². The Labute approximate surface area is 122 Å². The second-order valence-corrected chi connectivity index (χ2v) is 4.58. The average Bonchev–Trinajstić information content (AvgIpc) is 2.48. The smallest absolute Gasteiger partial charge is 0.319 e. The first-order valence-corrected chi connectivity index (χ1v) is 6.39. The number of ketones is 1. The number of hydrogen-bond acceptors (Lipinski definition) is 4. The van der Waals surface area contributed by atoms with Crippen molar-refractivity contribution in [3.63, 3.8) is 0 Å². The molecule has 4 nitrogen and oxygen atoms in total. The lowest BCUT2D eigenvalue weighted by Gasteiger charge is -2.04. The molecule has 0 unspecified atom stereocenters. The Morgan fingerprint density at radius 2 is 1.67 bits per heavy atom. The Morgan fingerprint density at radius 1 is 1.05 bits per heavy atom. The molecule has 2 aromatic carbocycles. The molecule has 0 saturated heterocycles. The summed E-state index contributed by atoms with van der Waals surface area (Å²) in [5.41, 5.74) is 2.01. The van der Waals surface area contributed by atoms with Crippen LogP contribution in [0.15, 0.2) is 48.5 Å². The van der Waals surface area contributed by atoms with Crippen molar-refractivity contribution < 1.29 is 14.3 Å². The van der Waals surface area contributed by atoms with Crippen molar-refractivity contribution in [3.8, 4) is 11.8 Å². The standard InChI is InChI=1S/C17H13NO3/c1-12-2-6-14(7-3-12)16(19)10-17(20)21-15-8-4-13(11-18)5-9-15/h2-9H,10H2,1H3. The van der Waals surface area contributed by atoms with E-state index in [-0.39, 0.29) is 12.2 Å². The number of ether oxygens (including phenoxy) is 1. The number of nitriles is 1. The van der Waals surface area contributed by atoms with Crippen LogP contribution in [0.3, 0.4) is 0 Å². The molecule has 0 amide bonds. The zero-order valence-electron chi connectivity index (χ0n) is 11.5. The molecular weight excluding hydrogens is 266 g/mol. The van der Waals surface area contributed by atoms with Gasteiger partial charge < -0.3 is 4.74 Å². The maximum absolute atomic E-state index is 11.9. The van der Waals surface area contributed by atoms with E-state index in [2.05, 4.69) is 0 Å². The highest BCUT2D eigenvalue weighted by Crippen LogP contribution is 2.13. The summed E-state index contributed by atoms with van der Waals surface area (Å²) in [5, 5.41) is 8.67. The lowest BCUT2D eigenvalue weighted by molar-refractivity contribution is -0.133. The summed E-state index contributed by atoms with van der Waals surface area (Å²) in [6.07, 6.45) is -0.316. The van der Waals surface area contributed by atoms with Gasteiger partial charge in [-0.1, -0.05) is 29.8 Å². The zero-order chi connectivity index (χ0) is 15.2. The number of hydrogen-bond donors (Lipinski definition) is 0. The van der Waals surface area contributed by atoms with Crippen molar-refractivity contribution in [1.29, 1.82) is 5.26 Å². The Balaban J connectivity index is 1.96. The van der Waals surface area contributed by atoms with E-state index in [1.165, 1.54) is 12.1 Å². The number of Topliss-reactive ketones (excluding diaryl/α,β-unsaturated/α-hetero) is 1. The van der Waals surface area contributed by atoms with Gasteiger partial charge in [0.25, 0.3) is 0 Å². The van der Waals surface area contributed by atoms with Crippen molar-refractivity contribution >= 4 is 11.8 Å². The van der Waals surface area contributed by atoms with E-state index in [1.54, 1.807) is 24.3 Å². The van der Waals surface area contributed by atoms with E-state index in [0.717, 1.165) is 5.56 Å². The molecule has 0 atom stereocenters. The van der Waals surface area contributed by atoms with Crippen LogP contribution in [0.2, 0.25) is 0 Å². The largest absolute Gasteiger partial charge is 0.426 e. The number of carbonyl (C=O) groups is 2. The summed E-state index contributed by atoms with van der Waals surface area (Å²) in [4.78, 5) is 23.6. The maximum Gasteiger partial charge on any atom is 0.319 e. The zero-order valence-corrected chi connectivity index (χ0v) is 11.5. The topological polar surface area (TPSA) is 67.2 Å². The molecule has 0 spiro atoms. The van der Waals surface area contributed by atoms with Crippen LogP contribution >= 0.6 is 0 Å². The van der Waals surface area contributed by atoms with E-state index in [9.17, 15) is 9.59 Å². The number of esters is 1. The van der Waals surface area contributed by atoms with Crippen LogP contribution in [-0.4, -0.2) is 11.8 Å². The van der Waals surface area contributed by atoms with Gasteiger partial charge in [-0.3, -0.25) is 9.59 Å². The fourth-order valence-electron chi connectivity index (χ4n) is 1.74. The Kier molecular flexibility index (Phi) is 4.47. The lowest BCUT2D eigenvalue weighted by Crippen LogP contribution is -2.14. The van der Waals surface area contributed by atoms with E-state index in [4.69, 9.17) is 10.00 Å². The van der Waals surface area contributed by atoms with Crippen molar-refractivity contribution in [2.24, 2.45) is 0 Å². The van der Waals surface area contributed by atoms with Crippen LogP contribution in [0, 0.1) is 18.3 Å². The van der Waals surface area contributed by atoms with Gasteiger partial charge in [-0.05, 0) is 31.2 Å². The second-order valence-electron chi connectivity index (χ2n) is 4.58. The molecule has 0 aliphatic carbocycles. The third-order valence-electron chi connectivity index (χ3n) is 2.89. The first kappa shape index (κ1) is 14.5. The molecule has 0 aliphatic rings. The molecule has 0 heterocycles. The predicted molar refractivity (Wildman–Crippen MR) is 76.9 cm³/mol. The minimum absolute atomic E-state index is 0.284. The van der Waals surface area contributed by atoms with Crippen molar-refractivity contribution in [1.82, 2.24) is 0 Å². The van der Waals surface area contributed by atoms with Crippen LogP contribution in [0.25, 0.3) is 0 Å². The molecule has 0 bridgehead atoms. The van der Waals surface area contributed by atoms with Crippen LogP contribution in [0.1, 0.15) is 27.9 Å². The molecule has 2 aromatic rings. The van der Waals surface area contributed by atoms with Crippen LogP contribution in [0.4, 0.5) is 0 Å². The van der Waals surface area contributed by atoms with Gasteiger partial charge in [-0.2, -0.15) is 5.26 Å². The summed E-state index contributed by atoms with van der Waals surface area (Å²) in [6.45, 7) is 1.92. The monoisotopic (exact) mass is 279 g/mol. The molecule has 0 radical (unpaired) electrons. The van der Waals surface area contributed by atoms with Gasteiger partial charge in [-0.15, -0.1) is 0 Å². The van der Waals surface area contributed by atoms with Gasteiger partial charge in [0.1, 0.15) is 12.2 Å². The average molecular weight is 279 g/mol. The van der Waals surface area contributed by atoms with Crippen molar-refractivity contribution in [2.45, 2.75) is 13.3 Å². The minimum Gasteiger partial charge on any atom is -0.426 e. The summed E-state index contributed by atoms with van der Waals surface area (Å²) >= 11 is 0. The first-order valence-electron chi connectivity index (χ1n) is 6.39. The molecule has 0 aliphatic heterocycles. The Bertz CT molecular complexity index is 694. The highest BCUT2D eigenvalue weighted by molar-refractivity contribution is 6.06. The SMILES string of the molecule is Cc1ccc(C(=O)CC(=O)Oc2ccc(C#N)cc2)cc1.